The zero-order valence-corrected chi connectivity index (χ0v) is 14.0. The van der Waals surface area contributed by atoms with Crippen molar-refractivity contribution in [3.05, 3.63) is 60.3 Å². The number of carbonyl (C=O) groups excluding carboxylic acids is 1. The minimum Gasteiger partial charge on any atom is -0.473 e. The fraction of sp³-hybridized carbons (Fsp3) is 0.167. The molecule has 0 aliphatic heterocycles. The molecule has 8 nitrogen and oxygen atoms in total. The number of carbonyl (C=O) groups is 1. The monoisotopic (exact) mass is 350 g/mol. The van der Waals surface area contributed by atoms with E-state index in [1.807, 2.05) is 31.2 Å². The van der Waals surface area contributed by atoms with Gasteiger partial charge in [0.1, 0.15) is 19.4 Å². The average Bonchev–Trinajstić information content (AvgIpc) is 2.66. The van der Waals surface area contributed by atoms with Crippen LogP contribution in [0.25, 0.3) is 11.1 Å². The normalized spacial score (nSPS) is 10.3. The van der Waals surface area contributed by atoms with Crippen molar-refractivity contribution in [2.45, 2.75) is 6.92 Å². The molecule has 8 heteroatoms. The first kappa shape index (κ1) is 17.3. The minimum absolute atomic E-state index is 0.164. The number of hydrogen-bond donors (Lipinski definition) is 1. The maximum Gasteiger partial charge on any atom is 0.316 e. The lowest BCUT2D eigenvalue weighted by atomic mass is 10.1. The molecule has 1 radical (unpaired) electrons. The summed E-state index contributed by atoms with van der Waals surface area (Å²) in [5.74, 6) is -0.714. The fourth-order valence-electron chi connectivity index (χ4n) is 2.09. The first-order valence-corrected chi connectivity index (χ1v) is 7.82. The number of nitrogens with zero attached hydrogens (tertiary/aromatic N) is 4. The summed E-state index contributed by atoms with van der Waals surface area (Å²) in [5, 5.41) is 0. The second-order valence-corrected chi connectivity index (χ2v) is 5.30. The van der Waals surface area contributed by atoms with Crippen molar-refractivity contribution in [3.8, 4) is 23.0 Å². The van der Waals surface area contributed by atoms with Crippen molar-refractivity contribution in [1.82, 2.24) is 19.9 Å². The number of aryl methyl sites for hydroxylation is 1. The van der Waals surface area contributed by atoms with Crippen LogP contribution in [0.15, 0.2) is 42.7 Å². The molecule has 0 aliphatic carbocycles. The highest BCUT2D eigenvalue weighted by Gasteiger charge is 2.14. The molecule has 3 rings (SSSR count). The summed E-state index contributed by atoms with van der Waals surface area (Å²) in [6.45, 7) is 2.36. The Hall–Kier alpha value is -3.55. The summed E-state index contributed by atoms with van der Waals surface area (Å²) < 4.78 is 11.0. The molecule has 0 bridgehead atoms. The number of ether oxygens (including phenoxy) is 2. The molecule has 2 heterocycles. The van der Waals surface area contributed by atoms with Crippen molar-refractivity contribution in [1.29, 1.82) is 0 Å². The molecule has 0 atom stereocenters. The van der Waals surface area contributed by atoms with E-state index in [0.29, 0.717) is 5.56 Å². The van der Waals surface area contributed by atoms with Gasteiger partial charge in [-0.15, -0.1) is 0 Å². The van der Waals surface area contributed by atoms with Crippen LogP contribution in [-0.2, 0) is 0 Å². The Morgan fingerprint density at radius 3 is 2.50 bits per heavy atom. The van der Waals surface area contributed by atoms with Gasteiger partial charge in [0.2, 0.25) is 11.7 Å². The third-order valence-corrected chi connectivity index (χ3v) is 3.35. The van der Waals surface area contributed by atoms with Crippen molar-refractivity contribution < 1.29 is 14.3 Å². The quantitative estimate of drug-likeness (QED) is 0.644. The van der Waals surface area contributed by atoms with E-state index in [9.17, 15) is 4.79 Å². The highest BCUT2D eigenvalue weighted by atomic mass is 16.5. The number of nitrogens with two attached hydrogens (primary N) is 1. The second kappa shape index (κ2) is 8.02. The summed E-state index contributed by atoms with van der Waals surface area (Å²) >= 11 is 0. The topological polar surface area (TPSA) is 113 Å². The first-order valence-electron chi connectivity index (χ1n) is 7.82. The van der Waals surface area contributed by atoms with Crippen LogP contribution in [0.4, 0.5) is 0 Å². The average molecular weight is 350 g/mol. The van der Waals surface area contributed by atoms with Crippen LogP contribution in [0.2, 0.25) is 0 Å². The van der Waals surface area contributed by atoms with Gasteiger partial charge < -0.3 is 15.2 Å². The molecule has 2 N–H and O–H groups in total. The van der Waals surface area contributed by atoms with Gasteiger partial charge in [-0.2, -0.15) is 4.98 Å². The van der Waals surface area contributed by atoms with Gasteiger partial charge in [-0.25, -0.2) is 15.0 Å². The highest BCUT2D eigenvalue weighted by molar-refractivity contribution is 5.89. The maximum absolute atomic E-state index is 11.3. The summed E-state index contributed by atoms with van der Waals surface area (Å²) in [7, 11) is 0. The van der Waals surface area contributed by atoms with E-state index >= 15 is 0 Å². The van der Waals surface area contributed by atoms with Crippen LogP contribution < -0.4 is 15.2 Å². The van der Waals surface area contributed by atoms with Gasteiger partial charge in [0.05, 0.1) is 5.56 Å². The number of amides is 1. The molecule has 1 aromatic carbocycles. The van der Waals surface area contributed by atoms with Gasteiger partial charge in [0, 0.05) is 12.4 Å². The van der Waals surface area contributed by atoms with Gasteiger partial charge in [-0.1, -0.05) is 29.8 Å². The van der Waals surface area contributed by atoms with E-state index in [-0.39, 0.29) is 30.9 Å². The predicted octanol–water partition coefficient (Wildman–Crippen LogP) is 1.60. The Kier molecular flexibility index (Phi) is 5.33. The molecule has 0 saturated carbocycles. The molecular formula is C18H16N5O3. The minimum atomic E-state index is -0.754. The molecule has 1 amide bonds. The van der Waals surface area contributed by atoms with Crippen LogP contribution in [0, 0.1) is 13.1 Å². The molecule has 3 aromatic rings. The largest absolute Gasteiger partial charge is 0.473 e. The lowest BCUT2D eigenvalue weighted by Crippen LogP contribution is -2.17. The molecule has 26 heavy (non-hydrogen) atoms. The summed E-state index contributed by atoms with van der Waals surface area (Å²) in [6, 6.07) is 9.64. The summed E-state index contributed by atoms with van der Waals surface area (Å²) in [6.07, 6.45) is 5.94. The Morgan fingerprint density at radius 2 is 1.81 bits per heavy atom. The molecule has 2 aromatic heterocycles. The van der Waals surface area contributed by atoms with Gasteiger partial charge in [-0.05, 0) is 18.6 Å². The standard InChI is InChI=1S/C18H16N5O3/c1-12-3-5-13(6-4-12)14-11-22-16(15(19)24)23-17(14)25-9-10-26-18-20-7-2-8-21-18/h2-8H,9-10H2,1H3,(H2,19,24). The van der Waals surface area contributed by atoms with Gasteiger partial charge in [-0.3, -0.25) is 4.79 Å². The lowest BCUT2D eigenvalue weighted by Gasteiger charge is -2.11. The van der Waals surface area contributed by atoms with Crippen molar-refractivity contribution in [2.75, 3.05) is 13.2 Å². The zero-order chi connectivity index (χ0) is 18.4. The van der Waals surface area contributed by atoms with E-state index in [2.05, 4.69) is 26.1 Å². The SMILES string of the molecule is Cc1ccc(-c2[c]nc(C(N)=O)nc2OCCOc2ncccn2)cc1. The smallest absolute Gasteiger partial charge is 0.316 e. The van der Waals surface area contributed by atoms with Crippen LogP contribution in [0.3, 0.4) is 0 Å². The highest BCUT2D eigenvalue weighted by Crippen LogP contribution is 2.27. The third-order valence-electron chi connectivity index (χ3n) is 3.35. The summed E-state index contributed by atoms with van der Waals surface area (Å²) in [4.78, 5) is 27.2. The number of primary amides is 1. The third kappa shape index (κ3) is 4.29. The van der Waals surface area contributed by atoms with E-state index in [1.54, 1.807) is 18.5 Å². The van der Waals surface area contributed by atoms with Crippen LogP contribution in [-0.4, -0.2) is 39.1 Å². The molecule has 0 saturated heterocycles. The van der Waals surface area contributed by atoms with E-state index < -0.39 is 5.91 Å². The van der Waals surface area contributed by atoms with Crippen molar-refractivity contribution in [2.24, 2.45) is 5.73 Å². The number of rotatable bonds is 7. The van der Waals surface area contributed by atoms with E-state index in [0.717, 1.165) is 11.1 Å². The van der Waals surface area contributed by atoms with Crippen LogP contribution in [0.5, 0.6) is 11.9 Å². The Labute approximate surface area is 150 Å². The number of hydrogen-bond acceptors (Lipinski definition) is 7. The van der Waals surface area contributed by atoms with Crippen LogP contribution >= 0.6 is 0 Å². The van der Waals surface area contributed by atoms with E-state index in [1.165, 1.54) is 0 Å². The number of benzene rings is 1. The van der Waals surface area contributed by atoms with Gasteiger partial charge >= 0.3 is 6.01 Å². The Balaban J connectivity index is 1.75. The molecule has 0 spiro atoms. The molecule has 0 aliphatic rings. The molecular weight excluding hydrogens is 334 g/mol. The first-order chi connectivity index (χ1) is 12.6. The lowest BCUT2D eigenvalue weighted by molar-refractivity contribution is 0.0988. The Bertz CT molecular complexity index is 885. The molecule has 0 unspecified atom stereocenters. The van der Waals surface area contributed by atoms with Crippen LogP contribution in [0.1, 0.15) is 16.2 Å². The molecule has 131 valence electrons. The molecule has 0 fully saturated rings. The Morgan fingerprint density at radius 1 is 1.12 bits per heavy atom. The van der Waals surface area contributed by atoms with Crippen molar-refractivity contribution in [3.63, 3.8) is 0 Å². The predicted molar refractivity (Wildman–Crippen MR) is 92.6 cm³/mol. The van der Waals surface area contributed by atoms with Crippen molar-refractivity contribution >= 4 is 5.91 Å². The zero-order valence-electron chi connectivity index (χ0n) is 14.0. The fourth-order valence-corrected chi connectivity index (χ4v) is 2.09. The van der Waals surface area contributed by atoms with E-state index in [4.69, 9.17) is 15.2 Å². The summed E-state index contributed by atoms with van der Waals surface area (Å²) in [5.41, 5.74) is 7.70. The van der Waals surface area contributed by atoms with Gasteiger partial charge in [0.25, 0.3) is 5.91 Å². The second-order valence-electron chi connectivity index (χ2n) is 5.30. The van der Waals surface area contributed by atoms with Gasteiger partial charge in [0.15, 0.2) is 0 Å². The maximum atomic E-state index is 11.3. The number of aromatic nitrogens is 4.